The number of nitrogens with zero attached hydrogens (tertiary/aromatic N) is 2. The Balaban J connectivity index is 1.55. The van der Waals surface area contributed by atoms with Gasteiger partial charge in [0, 0.05) is 31.9 Å². The summed E-state index contributed by atoms with van der Waals surface area (Å²) >= 11 is 0. The number of para-hydroxylation sites is 2. The van der Waals surface area contributed by atoms with E-state index in [-0.39, 0.29) is 11.9 Å². The molecule has 3 rings (SSSR count). The monoisotopic (exact) mass is 369 g/mol. The van der Waals surface area contributed by atoms with Crippen LogP contribution in [0.1, 0.15) is 6.92 Å². The van der Waals surface area contributed by atoms with Crippen molar-refractivity contribution in [2.75, 3.05) is 50.6 Å². The van der Waals surface area contributed by atoms with E-state index >= 15 is 0 Å². The van der Waals surface area contributed by atoms with E-state index in [9.17, 15) is 4.79 Å². The number of methoxy groups -OCH3 is 2. The molecule has 0 bridgehead atoms. The summed E-state index contributed by atoms with van der Waals surface area (Å²) in [4.78, 5) is 17.2. The molecule has 0 aliphatic carbocycles. The molecule has 0 saturated carbocycles. The smallest absolute Gasteiger partial charge is 0.241 e. The third-order valence-corrected chi connectivity index (χ3v) is 5.04. The number of piperazine rings is 1. The molecule has 2 aromatic carbocycles. The van der Waals surface area contributed by atoms with Crippen molar-refractivity contribution in [1.29, 1.82) is 0 Å². The largest absolute Gasteiger partial charge is 0.497 e. The first kappa shape index (κ1) is 19.0. The lowest BCUT2D eigenvalue weighted by atomic mass is 10.2. The second-order valence-electron chi connectivity index (χ2n) is 6.59. The maximum atomic E-state index is 12.7. The second-order valence-corrected chi connectivity index (χ2v) is 6.59. The predicted octanol–water partition coefficient (Wildman–Crippen LogP) is 2.85. The Bertz CT molecular complexity index is 756. The summed E-state index contributed by atoms with van der Waals surface area (Å²) in [5.41, 5.74) is 1.88. The van der Waals surface area contributed by atoms with Gasteiger partial charge in [0.2, 0.25) is 5.91 Å². The quantitative estimate of drug-likeness (QED) is 0.849. The van der Waals surface area contributed by atoms with Crippen LogP contribution in [0.4, 0.5) is 11.4 Å². The zero-order valence-corrected chi connectivity index (χ0v) is 16.1. The molecule has 1 N–H and O–H groups in total. The molecule has 6 heteroatoms. The summed E-state index contributed by atoms with van der Waals surface area (Å²) < 4.78 is 10.5. The average Bonchev–Trinajstić information content (AvgIpc) is 2.73. The first-order valence-electron chi connectivity index (χ1n) is 9.19. The fraction of sp³-hybridized carbons (Fsp3) is 0.381. The first-order chi connectivity index (χ1) is 13.1. The lowest BCUT2D eigenvalue weighted by molar-refractivity contribution is -0.120. The highest BCUT2D eigenvalue weighted by Gasteiger charge is 2.26. The van der Waals surface area contributed by atoms with E-state index in [1.807, 2.05) is 43.3 Å². The molecular formula is C21H27N3O3. The Morgan fingerprint density at radius 3 is 2.26 bits per heavy atom. The average molecular weight is 369 g/mol. The minimum absolute atomic E-state index is 0.0163. The number of hydrogen-bond donors (Lipinski definition) is 1. The van der Waals surface area contributed by atoms with Gasteiger partial charge in [-0.1, -0.05) is 12.1 Å². The summed E-state index contributed by atoms with van der Waals surface area (Å²) in [5.74, 6) is 1.51. The number of nitrogens with one attached hydrogen (secondary N) is 1. The fourth-order valence-electron chi connectivity index (χ4n) is 3.31. The van der Waals surface area contributed by atoms with Crippen LogP contribution in [0, 0.1) is 0 Å². The summed E-state index contributed by atoms with van der Waals surface area (Å²) in [7, 11) is 3.28. The summed E-state index contributed by atoms with van der Waals surface area (Å²) in [6.45, 7) is 5.41. The molecule has 1 aliphatic rings. The van der Waals surface area contributed by atoms with Crippen molar-refractivity contribution in [2.24, 2.45) is 0 Å². The van der Waals surface area contributed by atoms with Crippen LogP contribution < -0.4 is 19.7 Å². The molecule has 1 atom stereocenters. The van der Waals surface area contributed by atoms with Gasteiger partial charge in [0.15, 0.2) is 0 Å². The Kier molecular flexibility index (Phi) is 6.19. The Labute approximate surface area is 160 Å². The predicted molar refractivity (Wildman–Crippen MR) is 108 cm³/mol. The topological polar surface area (TPSA) is 54.0 Å². The molecular weight excluding hydrogens is 342 g/mol. The van der Waals surface area contributed by atoms with E-state index in [2.05, 4.69) is 27.2 Å². The van der Waals surface area contributed by atoms with Crippen LogP contribution in [-0.2, 0) is 4.79 Å². The number of carbonyl (C=O) groups is 1. The van der Waals surface area contributed by atoms with E-state index in [4.69, 9.17) is 9.47 Å². The molecule has 1 heterocycles. The van der Waals surface area contributed by atoms with E-state index in [0.29, 0.717) is 11.4 Å². The van der Waals surface area contributed by atoms with Crippen LogP contribution in [0.25, 0.3) is 0 Å². The van der Waals surface area contributed by atoms with Gasteiger partial charge >= 0.3 is 0 Å². The molecule has 1 amide bonds. The minimum Gasteiger partial charge on any atom is -0.497 e. The third-order valence-electron chi connectivity index (χ3n) is 5.04. The van der Waals surface area contributed by atoms with E-state index in [1.165, 1.54) is 5.69 Å². The number of hydrogen-bond acceptors (Lipinski definition) is 5. The summed E-state index contributed by atoms with van der Waals surface area (Å²) in [5, 5.41) is 2.98. The third kappa shape index (κ3) is 4.52. The standard InChI is InChI=1S/C21H27N3O3/c1-16(21(25)22-19-6-4-5-7-20(19)27-3)23-12-14-24(15-13-23)17-8-10-18(26-2)11-9-17/h4-11,16H,12-15H2,1-3H3,(H,22,25)/t16-/m1/s1. The van der Waals surface area contributed by atoms with Crippen molar-refractivity contribution in [3.05, 3.63) is 48.5 Å². The number of anilines is 2. The second kappa shape index (κ2) is 8.77. The van der Waals surface area contributed by atoms with Crippen LogP contribution in [-0.4, -0.2) is 57.2 Å². The number of carbonyl (C=O) groups excluding carboxylic acids is 1. The van der Waals surface area contributed by atoms with Crippen LogP contribution in [0.3, 0.4) is 0 Å². The molecule has 0 radical (unpaired) electrons. The molecule has 144 valence electrons. The highest BCUT2D eigenvalue weighted by atomic mass is 16.5. The number of rotatable bonds is 6. The zero-order chi connectivity index (χ0) is 19.2. The van der Waals surface area contributed by atoms with Crippen molar-refractivity contribution in [3.63, 3.8) is 0 Å². The van der Waals surface area contributed by atoms with E-state index < -0.39 is 0 Å². The lowest BCUT2D eigenvalue weighted by Crippen LogP contribution is -2.52. The van der Waals surface area contributed by atoms with Crippen molar-refractivity contribution in [1.82, 2.24) is 4.90 Å². The highest BCUT2D eigenvalue weighted by molar-refractivity contribution is 5.95. The van der Waals surface area contributed by atoms with Gasteiger partial charge in [-0.05, 0) is 43.3 Å². The Morgan fingerprint density at radius 1 is 0.963 bits per heavy atom. The molecule has 1 aliphatic heterocycles. The molecule has 0 unspecified atom stereocenters. The highest BCUT2D eigenvalue weighted by Crippen LogP contribution is 2.24. The number of amides is 1. The van der Waals surface area contributed by atoms with Crippen molar-refractivity contribution < 1.29 is 14.3 Å². The van der Waals surface area contributed by atoms with E-state index in [1.54, 1.807) is 14.2 Å². The van der Waals surface area contributed by atoms with Crippen molar-refractivity contribution in [3.8, 4) is 11.5 Å². The molecule has 0 spiro atoms. The molecule has 1 saturated heterocycles. The van der Waals surface area contributed by atoms with Gasteiger partial charge in [0.1, 0.15) is 11.5 Å². The van der Waals surface area contributed by atoms with Gasteiger partial charge in [0.05, 0.1) is 25.9 Å². The lowest BCUT2D eigenvalue weighted by Gasteiger charge is -2.38. The van der Waals surface area contributed by atoms with Crippen molar-refractivity contribution >= 4 is 17.3 Å². The Morgan fingerprint density at radius 2 is 1.63 bits per heavy atom. The summed E-state index contributed by atoms with van der Waals surface area (Å²) in [6, 6.07) is 15.4. The molecule has 6 nitrogen and oxygen atoms in total. The molecule has 1 fully saturated rings. The van der Waals surface area contributed by atoms with Gasteiger partial charge in [-0.3, -0.25) is 9.69 Å². The van der Waals surface area contributed by atoms with Crippen LogP contribution >= 0.6 is 0 Å². The molecule has 2 aromatic rings. The molecule has 27 heavy (non-hydrogen) atoms. The SMILES string of the molecule is COc1ccc(N2CCN([C@H](C)C(=O)Nc3ccccc3OC)CC2)cc1. The van der Waals surface area contributed by atoms with Gasteiger partial charge in [0.25, 0.3) is 0 Å². The number of ether oxygens (including phenoxy) is 2. The normalized spacial score (nSPS) is 15.9. The minimum atomic E-state index is -0.201. The Hall–Kier alpha value is -2.73. The zero-order valence-electron chi connectivity index (χ0n) is 16.1. The first-order valence-corrected chi connectivity index (χ1v) is 9.19. The number of benzene rings is 2. The van der Waals surface area contributed by atoms with Crippen LogP contribution in [0.5, 0.6) is 11.5 Å². The van der Waals surface area contributed by atoms with E-state index in [0.717, 1.165) is 31.9 Å². The summed E-state index contributed by atoms with van der Waals surface area (Å²) in [6.07, 6.45) is 0. The fourth-order valence-corrected chi connectivity index (χ4v) is 3.31. The van der Waals surface area contributed by atoms with Crippen LogP contribution in [0.15, 0.2) is 48.5 Å². The maximum absolute atomic E-state index is 12.7. The van der Waals surface area contributed by atoms with Gasteiger partial charge in [-0.15, -0.1) is 0 Å². The maximum Gasteiger partial charge on any atom is 0.241 e. The van der Waals surface area contributed by atoms with Crippen LogP contribution in [0.2, 0.25) is 0 Å². The molecule has 0 aromatic heterocycles. The van der Waals surface area contributed by atoms with Gasteiger partial charge in [-0.2, -0.15) is 0 Å². The van der Waals surface area contributed by atoms with Gasteiger partial charge < -0.3 is 19.7 Å². The van der Waals surface area contributed by atoms with Crippen molar-refractivity contribution in [2.45, 2.75) is 13.0 Å². The van der Waals surface area contributed by atoms with Gasteiger partial charge in [-0.25, -0.2) is 0 Å².